The zero-order valence-corrected chi connectivity index (χ0v) is 17.3. The Bertz CT molecular complexity index is 811. The van der Waals surface area contributed by atoms with Crippen molar-refractivity contribution in [2.45, 2.75) is 26.1 Å². The Morgan fingerprint density at radius 3 is 1.55 bits per heavy atom. The van der Waals surface area contributed by atoms with Crippen LogP contribution in [0.5, 0.6) is 0 Å². The van der Waals surface area contributed by atoms with Gasteiger partial charge in [-0.1, -0.05) is 60.7 Å². The number of carbonyl (C=O) groups excluding carboxylic acids is 4. The molecule has 8 heteroatoms. The van der Waals surface area contributed by atoms with Crippen molar-refractivity contribution in [2.75, 3.05) is 20.2 Å². The Morgan fingerprint density at radius 1 is 0.677 bits per heavy atom. The molecular weight excluding hydrogens is 402 g/mol. The van der Waals surface area contributed by atoms with E-state index in [2.05, 4.69) is 4.74 Å². The van der Waals surface area contributed by atoms with Gasteiger partial charge in [0, 0.05) is 6.42 Å². The molecule has 2 aromatic rings. The summed E-state index contributed by atoms with van der Waals surface area (Å²) in [5, 5.41) is 0. The second kappa shape index (κ2) is 12.8. The van der Waals surface area contributed by atoms with Crippen molar-refractivity contribution in [1.82, 2.24) is 4.90 Å². The van der Waals surface area contributed by atoms with E-state index in [1.165, 1.54) is 7.11 Å². The fourth-order valence-corrected chi connectivity index (χ4v) is 2.58. The lowest BCUT2D eigenvalue weighted by atomic mass is 10.2. The van der Waals surface area contributed by atoms with E-state index in [1.807, 2.05) is 36.4 Å². The van der Waals surface area contributed by atoms with Crippen molar-refractivity contribution in [1.29, 1.82) is 0 Å². The van der Waals surface area contributed by atoms with Gasteiger partial charge < -0.3 is 19.1 Å². The first-order chi connectivity index (χ1) is 15.0. The first-order valence-corrected chi connectivity index (χ1v) is 9.71. The Balaban J connectivity index is 1.92. The van der Waals surface area contributed by atoms with Crippen LogP contribution in [0.3, 0.4) is 0 Å². The smallest absolute Gasteiger partial charge is 0.325 e. The van der Waals surface area contributed by atoms with E-state index in [0.717, 1.165) is 16.0 Å². The van der Waals surface area contributed by atoms with Crippen LogP contribution in [0.4, 0.5) is 0 Å². The number of esters is 3. The lowest BCUT2D eigenvalue weighted by Crippen LogP contribution is -2.40. The molecule has 0 saturated carbocycles. The van der Waals surface area contributed by atoms with Crippen LogP contribution in [0.1, 0.15) is 24.0 Å². The maximum atomic E-state index is 12.5. The summed E-state index contributed by atoms with van der Waals surface area (Å²) in [4.78, 5) is 49.3. The Labute approximate surface area is 180 Å². The van der Waals surface area contributed by atoms with Crippen LogP contribution in [0, 0.1) is 0 Å². The summed E-state index contributed by atoms with van der Waals surface area (Å²) in [6.07, 6.45) is -0.367. The number of carbonyl (C=O) groups is 4. The fraction of sp³-hybridized carbons (Fsp3) is 0.304. The molecule has 0 spiro atoms. The zero-order chi connectivity index (χ0) is 22.5. The highest BCUT2D eigenvalue weighted by atomic mass is 16.5. The van der Waals surface area contributed by atoms with Gasteiger partial charge in [0.25, 0.3) is 0 Å². The molecule has 0 aliphatic carbocycles. The molecule has 0 aliphatic heterocycles. The van der Waals surface area contributed by atoms with Crippen LogP contribution >= 0.6 is 0 Å². The summed E-state index contributed by atoms with van der Waals surface area (Å²) in [6.45, 7) is -0.787. The van der Waals surface area contributed by atoms with Gasteiger partial charge in [-0.2, -0.15) is 0 Å². The number of hydrogen-bond donors (Lipinski definition) is 0. The standard InChI is InChI=1S/C23H25NO7/c1-29-21(26)13-12-20(25)24(14-22(27)30-16-18-8-4-2-5-9-18)15-23(28)31-17-19-10-6-3-7-11-19/h2-11H,12-17H2,1H3. The molecule has 0 radical (unpaired) electrons. The molecule has 164 valence electrons. The van der Waals surface area contributed by atoms with Crippen molar-refractivity contribution in [2.24, 2.45) is 0 Å². The minimum Gasteiger partial charge on any atom is -0.469 e. The Kier molecular flexibility index (Phi) is 9.74. The second-order valence-corrected chi connectivity index (χ2v) is 6.62. The van der Waals surface area contributed by atoms with Crippen LogP contribution in [-0.2, 0) is 46.6 Å². The summed E-state index contributed by atoms with van der Waals surface area (Å²) in [5.74, 6) is -2.47. The predicted octanol–water partition coefficient (Wildman–Crippen LogP) is 2.25. The molecule has 0 heterocycles. The molecule has 0 aromatic heterocycles. The largest absolute Gasteiger partial charge is 0.469 e. The quantitative estimate of drug-likeness (QED) is 0.401. The van der Waals surface area contributed by atoms with Gasteiger partial charge >= 0.3 is 17.9 Å². The third-order valence-electron chi connectivity index (χ3n) is 4.25. The highest BCUT2D eigenvalue weighted by molar-refractivity contribution is 5.87. The lowest BCUT2D eigenvalue weighted by molar-refractivity contribution is -0.155. The summed E-state index contributed by atoms with van der Waals surface area (Å²) < 4.78 is 14.9. The number of nitrogens with zero attached hydrogens (tertiary/aromatic N) is 1. The van der Waals surface area contributed by atoms with Crippen molar-refractivity contribution in [3.8, 4) is 0 Å². The number of amides is 1. The van der Waals surface area contributed by atoms with Crippen molar-refractivity contribution >= 4 is 23.8 Å². The topological polar surface area (TPSA) is 99.2 Å². The molecular formula is C23H25NO7. The minimum atomic E-state index is -0.675. The van der Waals surface area contributed by atoms with Crippen molar-refractivity contribution in [3.63, 3.8) is 0 Å². The first kappa shape index (κ1) is 23.6. The van der Waals surface area contributed by atoms with Crippen molar-refractivity contribution in [3.05, 3.63) is 71.8 Å². The monoisotopic (exact) mass is 427 g/mol. The third kappa shape index (κ3) is 9.12. The Morgan fingerprint density at radius 2 is 1.13 bits per heavy atom. The van der Waals surface area contributed by atoms with E-state index in [1.54, 1.807) is 24.3 Å². The summed E-state index contributed by atoms with van der Waals surface area (Å²) in [6, 6.07) is 18.1. The number of benzene rings is 2. The molecule has 0 N–H and O–H groups in total. The van der Waals surface area contributed by atoms with Gasteiger partial charge in [-0.15, -0.1) is 0 Å². The predicted molar refractivity (Wildman–Crippen MR) is 110 cm³/mol. The minimum absolute atomic E-state index is 0.0440. The third-order valence-corrected chi connectivity index (χ3v) is 4.25. The molecule has 8 nitrogen and oxygen atoms in total. The summed E-state index contributed by atoms with van der Waals surface area (Å²) >= 11 is 0. The molecule has 0 fully saturated rings. The molecule has 0 aliphatic rings. The number of methoxy groups -OCH3 is 1. The molecule has 1 amide bonds. The number of ether oxygens (including phenoxy) is 3. The molecule has 0 saturated heterocycles. The SMILES string of the molecule is COC(=O)CCC(=O)N(CC(=O)OCc1ccccc1)CC(=O)OCc1ccccc1. The van der Waals surface area contributed by atoms with Gasteiger partial charge in [0.15, 0.2) is 0 Å². The average Bonchev–Trinajstić information content (AvgIpc) is 2.80. The summed E-state index contributed by atoms with van der Waals surface area (Å²) in [5.41, 5.74) is 1.59. The van der Waals surface area contributed by atoms with E-state index in [-0.39, 0.29) is 26.1 Å². The van der Waals surface area contributed by atoms with E-state index in [0.29, 0.717) is 0 Å². The van der Waals surface area contributed by atoms with E-state index >= 15 is 0 Å². The van der Waals surface area contributed by atoms with Crippen LogP contribution in [-0.4, -0.2) is 48.9 Å². The first-order valence-electron chi connectivity index (χ1n) is 9.71. The number of rotatable bonds is 11. The van der Waals surface area contributed by atoms with Gasteiger partial charge in [-0.05, 0) is 11.1 Å². The van der Waals surface area contributed by atoms with Gasteiger partial charge in [0.1, 0.15) is 26.3 Å². The van der Waals surface area contributed by atoms with Crippen LogP contribution in [0.25, 0.3) is 0 Å². The van der Waals surface area contributed by atoms with E-state index in [9.17, 15) is 19.2 Å². The van der Waals surface area contributed by atoms with Gasteiger partial charge in [-0.25, -0.2) is 0 Å². The number of hydrogen-bond acceptors (Lipinski definition) is 7. The van der Waals surface area contributed by atoms with Gasteiger partial charge in [0.05, 0.1) is 13.5 Å². The van der Waals surface area contributed by atoms with Gasteiger partial charge in [0.2, 0.25) is 5.91 Å². The van der Waals surface area contributed by atoms with Gasteiger partial charge in [-0.3, -0.25) is 19.2 Å². The molecule has 0 atom stereocenters. The van der Waals surface area contributed by atoms with Crippen molar-refractivity contribution < 1.29 is 33.4 Å². The second-order valence-electron chi connectivity index (χ2n) is 6.62. The molecule has 0 bridgehead atoms. The van der Waals surface area contributed by atoms with Crippen LogP contribution < -0.4 is 0 Å². The molecule has 0 unspecified atom stereocenters. The highest BCUT2D eigenvalue weighted by Gasteiger charge is 2.22. The summed E-state index contributed by atoms with van der Waals surface area (Å²) in [7, 11) is 1.21. The normalized spacial score (nSPS) is 10.1. The lowest BCUT2D eigenvalue weighted by Gasteiger charge is -2.21. The maximum absolute atomic E-state index is 12.5. The molecule has 31 heavy (non-hydrogen) atoms. The van der Waals surface area contributed by atoms with Crippen LogP contribution in [0.15, 0.2) is 60.7 Å². The fourth-order valence-electron chi connectivity index (χ4n) is 2.58. The molecule has 2 aromatic carbocycles. The Hall–Kier alpha value is -3.68. The van der Waals surface area contributed by atoms with Crippen LogP contribution in [0.2, 0.25) is 0 Å². The highest BCUT2D eigenvalue weighted by Crippen LogP contribution is 2.06. The van der Waals surface area contributed by atoms with E-state index < -0.39 is 36.9 Å². The average molecular weight is 427 g/mol. The van der Waals surface area contributed by atoms with E-state index in [4.69, 9.17) is 9.47 Å². The maximum Gasteiger partial charge on any atom is 0.325 e. The zero-order valence-electron chi connectivity index (χ0n) is 17.3. The molecule has 2 rings (SSSR count).